The van der Waals surface area contributed by atoms with Crippen molar-refractivity contribution >= 4 is 17.5 Å². The van der Waals surface area contributed by atoms with Gasteiger partial charge in [-0.3, -0.25) is 19.3 Å². The van der Waals surface area contributed by atoms with Crippen molar-refractivity contribution in [2.45, 2.75) is 18.8 Å². The molecule has 46 heavy (non-hydrogen) atoms. The minimum absolute atomic E-state index is 0.0166. The van der Waals surface area contributed by atoms with Gasteiger partial charge in [-0.1, -0.05) is 0 Å². The van der Waals surface area contributed by atoms with Crippen LogP contribution in [0, 0.1) is 17.6 Å². The molecule has 2 aromatic carbocycles. The number of hydrogen-bond donors (Lipinski definition) is 1. The van der Waals surface area contributed by atoms with Gasteiger partial charge >= 0.3 is 6.36 Å². The number of aromatic nitrogens is 1. The van der Waals surface area contributed by atoms with E-state index in [4.69, 9.17) is 9.47 Å². The second kappa shape index (κ2) is 13.9. The quantitative estimate of drug-likeness (QED) is 0.335. The molecule has 5 rings (SSSR count). The summed E-state index contributed by atoms with van der Waals surface area (Å²) in [6, 6.07) is 9.12. The molecule has 2 aliphatic heterocycles. The summed E-state index contributed by atoms with van der Waals surface area (Å²) in [6.07, 6.45) is -3.32. The number of rotatable bonds is 10. The molecule has 3 heterocycles. The number of benzene rings is 2. The van der Waals surface area contributed by atoms with Gasteiger partial charge in [0.2, 0.25) is 5.91 Å². The van der Waals surface area contributed by atoms with E-state index in [0.717, 1.165) is 49.5 Å². The molecule has 0 saturated carbocycles. The Kier molecular flexibility index (Phi) is 9.91. The largest absolute Gasteiger partial charge is 0.573 e. The zero-order valence-electron chi connectivity index (χ0n) is 24.7. The maximum absolute atomic E-state index is 15.3. The molecule has 2 saturated heterocycles. The highest BCUT2D eigenvalue weighted by atomic mass is 19.4. The highest BCUT2D eigenvalue weighted by Gasteiger charge is 2.45. The van der Waals surface area contributed by atoms with Crippen LogP contribution in [0.1, 0.15) is 21.8 Å². The minimum Gasteiger partial charge on any atom is -0.497 e. The first-order chi connectivity index (χ1) is 21.9. The van der Waals surface area contributed by atoms with Crippen molar-refractivity contribution in [3.8, 4) is 11.5 Å². The topological polar surface area (TPSA) is 102 Å². The number of amides is 2. The van der Waals surface area contributed by atoms with E-state index >= 15 is 8.78 Å². The summed E-state index contributed by atoms with van der Waals surface area (Å²) in [5.74, 6) is -6.25. The number of pyridine rings is 1. The van der Waals surface area contributed by atoms with E-state index in [9.17, 15) is 27.6 Å². The lowest BCUT2D eigenvalue weighted by Crippen LogP contribution is -2.40. The highest BCUT2D eigenvalue weighted by Crippen LogP contribution is 2.39. The third kappa shape index (κ3) is 7.48. The molecular weight excluding hydrogens is 619 g/mol. The molecule has 2 atom stereocenters. The maximum atomic E-state index is 15.3. The number of anilines is 1. The van der Waals surface area contributed by atoms with Crippen LogP contribution in [0.4, 0.5) is 27.6 Å². The fraction of sp³-hybridized carbons (Fsp3) is 0.387. The lowest BCUT2D eigenvalue weighted by molar-refractivity contribution is -0.274. The molecule has 15 heteroatoms. The summed E-state index contributed by atoms with van der Waals surface area (Å²) in [5, 5.41) is 2.54. The maximum Gasteiger partial charge on any atom is 0.573 e. The third-order valence-corrected chi connectivity index (χ3v) is 7.99. The van der Waals surface area contributed by atoms with E-state index in [-0.39, 0.29) is 30.1 Å². The smallest absolute Gasteiger partial charge is 0.497 e. The molecule has 0 aliphatic carbocycles. The molecule has 1 N–H and O–H groups in total. The predicted octanol–water partition coefficient (Wildman–Crippen LogP) is 3.54. The van der Waals surface area contributed by atoms with Crippen LogP contribution in [-0.2, 0) is 16.1 Å². The number of carbonyl (C=O) groups excluding carboxylic acids is 2. The molecule has 2 fully saturated rings. The zero-order valence-corrected chi connectivity index (χ0v) is 24.7. The second-order valence-corrected chi connectivity index (χ2v) is 10.8. The van der Waals surface area contributed by atoms with Crippen molar-refractivity contribution in [2.75, 3.05) is 57.9 Å². The summed E-state index contributed by atoms with van der Waals surface area (Å²) in [5.41, 5.74) is -0.901. The van der Waals surface area contributed by atoms with Crippen LogP contribution in [0.5, 0.6) is 11.5 Å². The summed E-state index contributed by atoms with van der Waals surface area (Å²) in [4.78, 5) is 43.6. The monoisotopic (exact) mass is 650 g/mol. The number of alkyl halides is 3. The standard InChI is InChI=1S/C31H31F5N4O6/c1-44-21-15-24(32)27(25(33)16-21)23-18-40(26-3-2-8-39(30(26)43)10-9-38-11-13-45-14-12-38)29(42)22(23)17-37-28(41)19-4-6-20(7-5-19)46-31(34,35)36/h2-8,15-16,22-23H,9-14,17-18H2,1H3,(H,37,41)/t22?,23-/m1/s1. The van der Waals surface area contributed by atoms with Crippen molar-refractivity contribution in [2.24, 2.45) is 5.92 Å². The number of nitrogens with one attached hydrogen (secondary N) is 1. The van der Waals surface area contributed by atoms with E-state index in [2.05, 4.69) is 15.0 Å². The van der Waals surface area contributed by atoms with Crippen molar-refractivity contribution in [3.05, 3.63) is 87.8 Å². The fourth-order valence-corrected chi connectivity index (χ4v) is 5.65. The van der Waals surface area contributed by atoms with Crippen molar-refractivity contribution < 1.29 is 45.8 Å². The number of hydrogen-bond acceptors (Lipinski definition) is 7. The first-order valence-corrected chi connectivity index (χ1v) is 14.4. The second-order valence-electron chi connectivity index (χ2n) is 10.8. The van der Waals surface area contributed by atoms with Crippen LogP contribution in [-0.4, -0.2) is 80.7 Å². The van der Waals surface area contributed by atoms with E-state index in [1.807, 2.05) is 0 Å². The molecule has 2 aliphatic rings. The number of carbonyl (C=O) groups is 2. The number of morpholine rings is 1. The molecule has 2 amide bonds. The van der Waals surface area contributed by atoms with E-state index in [1.54, 1.807) is 12.3 Å². The Morgan fingerprint density at radius 2 is 1.67 bits per heavy atom. The summed E-state index contributed by atoms with van der Waals surface area (Å²) in [6.45, 7) is 2.89. The molecule has 1 unspecified atom stereocenters. The van der Waals surface area contributed by atoms with Gasteiger partial charge in [0.25, 0.3) is 11.5 Å². The first kappa shape index (κ1) is 32.9. The Hall–Kier alpha value is -4.50. The normalized spacial score (nSPS) is 18.9. The average Bonchev–Trinajstić information content (AvgIpc) is 3.33. The van der Waals surface area contributed by atoms with Gasteiger partial charge in [-0.05, 0) is 36.4 Å². The number of ether oxygens (including phenoxy) is 3. The van der Waals surface area contributed by atoms with Gasteiger partial charge in [0.05, 0.1) is 26.2 Å². The van der Waals surface area contributed by atoms with Crippen molar-refractivity contribution in [1.82, 2.24) is 14.8 Å². The Balaban J connectivity index is 1.39. The van der Waals surface area contributed by atoms with Crippen LogP contribution in [0.15, 0.2) is 59.5 Å². The number of methoxy groups -OCH3 is 1. The Bertz CT molecular complexity index is 1600. The third-order valence-electron chi connectivity index (χ3n) is 7.99. The summed E-state index contributed by atoms with van der Waals surface area (Å²) >= 11 is 0. The number of nitrogens with zero attached hydrogens (tertiary/aromatic N) is 3. The van der Waals surface area contributed by atoms with Crippen LogP contribution in [0.3, 0.4) is 0 Å². The molecule has 1 aromatic heterocycles. The predicted molar refractivity (Wildman–Crippen MR) is 155 cm³/mol. The fourth-order valence-electron chi connectivity index (χ4n) is 5.65. The highest BCUT2D eigenvalue weighted by molar-refractivity contribution is 5.99. The molecule has 0 radical (unpaired) electrons. The van der Waals surface area contributed by atoms with Crippen LogP contribution in [0.2, 0.25) is 0 Å². The van der Waals surface area contributed by atoms with Crippen molar-refractivity contribution in [1.29, 1.82) is 0 Å². The van der Waals surface area contributed by atoms with Gasteiger partial charge in [-0.15, -0.1) is 13.2 Å². The summed E-state index contributed by atoms with van der Waals surface area (Å²) < 4.78 is 83.7. The van der Waals surface area contributed by atoms with Gasteiger partial charge in [-0.25, -0.2) is 8.78 Å². The molecule has 246 valence electrons. The van der Waals surface area contributed by atoms with E-state index < -0.39 is 58.5 Å². The van der Waals surface area contributed by atoms with Gasteiger partial charge in [-0.2, -0.15) is 0 Å². The molecular formula is C31H31F5N4O6. The number of halogens is 5. The minimum atomic E-state index is -4.91. The van der Waals surface area contributed by atoms with Crippen LogP contribution in [0.25, 0.3) is 0 Å². The molecule has 3 aromatic rings. The first-order valence-electron chi connectivity index (χ1n) is 14.4. The van der Waals surface area contributed by atoms with Crippen LogP contribution >= 0.6 is 0 Å². The van der Waals surface area contributed by atoms with Crippen LogP contribution < -0.4 is 25.2 Å². The van der Waals surface area contributed by atoms with Gasteiger partial charge in [0.1, 0.15) is 28.8 Å². The molecule has 10 nitrogen and oxygen atoms in total. The molecule has 0 spiro atoms. The SMILES string of the molecule is COc1cc(F)c([C@@H]2CN(c3cccn(CCN4CCOCC4)c3=O)C(=O)C2CNC(=O)c2ccc(OC(F)(F)F)cc2)c(F)c1. The van der Waals surface area contributed by atoms with Crippen molar-refractivity contribution in [3.63, 3.8) is 0 Å². The Morgan fingerprint density at radius 3 is 2.30 bits per heavy atom. The van der Waals surface area contributed by atoms with Gasteiger partial charge < -0.3 is 29.0 Å². The van der Waals surface area contributed by atoms with Gasteiger partial charge in [0, 0.05) is 74.6 Å². The Morgan fingerprint density at radius 1 is 1.00 bits per heavy atom. The zero-order chi connectivity index (χ0) is 33.0. The summed E-state index contributed by atoms with van der Waals surface area (Å²) in [7, 11) is 1.24. The Labute approximate surface area is 260 Å². The average molecular weight is 651 g/mol. The lowest BCUT2D eigenvalue weighted by atomic mass is 9.87. The van der Waals surface area contributed by atoms with Gasteiger partial charge in [0.15, 0.2) is 0 Å². The van der Waals surface area contributed by atoms with E-state index in [1.165, 1.54) is 22.6 Å². The van der Waals surface area contributed by atoms with E-state index in [0.29, 0.717) is 26.3 Å². The molecule has 0 bridgehead atoms. The lowest BCUT2D eigenvalue weighted by Gasteiger charge is -2.27.